The third-order valence-corrected chi connectivity index (χ3v) is 7.08. The lowest BCUT2D eigenvalue weighted by atomic mass is 9.92. The van der Waals surface area contributed by atoms with Gasteiger partial charge in [-0.15, -0.1) is 0 Å². The molecule has 7 nitrogen and oxygen atoms in total. The summed E-state index contributed by atoms with van der Waals surface area (Å²) in [6.45, 7) is 7.06. The number of nitrogens with zero attached hydrogens (tertiary/aromatic N) is 4. The molecule has 0 atom stereocenters. The van der Waals surface area contributed by atoms with Crippen LogP contribution in [-0.2, 0) is 25.8 Å². The summed E-state index contributed by atoms with van der Waals surface area (Å²) >= 11 is 0. The zero-order valence-electron chi connectivity index (χ0n) is 21.3. The maximum absolute atomic E-state index is 11.6. The van der Waals surface area contributed by atoms with Crippen molar-refractivity contribution in [3.8, 4) is 0 Å². The van der Waals surface area contributed by atoms with Crippen molar-refractivity contribution in [2.75, 3.05) is 0 Å². The molecule has 3 aromatic heterocycles. The molecular weight excluding hydrogens is 462 g/mol. The number of pyridine rings is 1. The fraction of sp³-hybridized carbons (Fsp3) is 0.267. The molecule has 5 aromatic rings. The van der Waals surface area contributed by atoms with Crippen molar-refractivity contribution in [3.63, 3.8) is 0 Å². The van der Waals surface area contributed by atoms with Gasteiger partial charge in [-0.1, -0.05) is 54.5 Å². The third kappa shape index (κ3) is 4.31. The molecular formula is C30H29N5O2. The highest BCUT2D eigenvalue weighted by molar-refractivity contribution is 5.93. The van der Waals surface area contributed by atoms with Crippen LogP contribution in [0.4, 0.5) is 0 Å². The molecule has 2 aromatic carbocycles. The van der Waals surface area contributed by atoms with Gasteiger partial charge in [0.15, 0.2) is 11.5 Å². The summed E-state index contributed by atoms with van der Waals surface area (Å²) < 4.78 is 7.03. The van der Waals surface area contributed by atoms with Gasteiger partial charge in [-0.2, -0.15) is 0 Å². The molecule has 0 saturated carbocycles. The second-order valence-corrected chi connectivity index (χ2v) is 9.80. The number of aromatic amines is 1. The molecule has 0 radical (unpaired) electrons. The van der Waals surface area contributed by atoms with Crippen molar-refractivity contribution in [2.24, 2.45) is 0 Å². The van der Waals surface area contributed by atoms with Crippen LogP contribution in [0.3, 0.4) is 0 Å². The topological polar surface area (TPSA) is 89.6 Å². The Morgan fingerprint density at radius 2 is 1.84 bits per heavy atom. The number of fused-ring (bicyclic) bond motifs is 3. The van der Waals surface area contributed by atoms with Crippen molar-refractivity contribution in [3.05, 3.63) is 110 Å². The minimum Gasteiger partial charge on any atom is -0.308 e. The van der Waals surface area contributed by atoms with E-state index in [-0.39, 0.29) is 0 Å². The van der Waals surface area contributed by atoms with Gasteiger partial charge in [0.2, 0.25) is 0 Å². The number of nitrogens with one attached hydrogen (secondary N) is 1. The summed E-state index contributed by atoms with van der Waals surface area (Å²) in [6, 6.07) is 17.2. The van der Waals surface area contributed by atoms with Crippen molar-refractivity contribution >= 4 is 22.8 Å². The number of aryl methyl sites for hydroxylation is 5. The first-order chi connectivity index (χ1) is 18.0. The van der Waals surface area contributed by atoms with Crippen LogP contribution in [0.5, 0.6) is 0 Å². The predicted octanol–water partition coefficient (Wildman–Crippen LogP) is 5.41. The molecule has 186 valence electrons. The molecule has 6 rings (SSSR count). The Labute approximate surface area is 214 Å². The molecule has 37 heavy (non-hydrogen) atoms. The van der Waals surface area contributed by atoms with Gasteiger partial charge in [-0.3, -0.25) is 9.51 Å². The van der Waals surface area contributed by atoms with E-state index in [1.54, 1.807) is 0 Å². The fourth-order valence-corrected chi connectivity index (χ4v) is 5.44. The van der Waals surface area contributed by atoms with E-state index in [2.05, 4.69) is 71.0 Å². The summed E-state index contributed by atoms with van der Waals surface area (Å²) in [7, 11) is 0. The standard InChI is InChI=1S/C30H29N5O2/c1-4-7-27-33-28-18(2)14-19(3)31-29(28)35(27)17-20-10-13-24-22(15-20)12-11-21-8-5-6-9-23(21)25(24)16-26-32-30(36)37-34-26/h5-6,8-10,13-16H,4,7,11-12,17H2,1-3H3,(H,32,34,36)/b25-16+. The summed E-state index contributed by atoms with van der Waals surface area (Å²) in [5, 5.41) is 3.89. The highest BCUT2D eigenvalue weighted by Gasteiger charge is 2.20. The van der Waals surface area contributed by atoms with Crippen molar-refractivity contribution in [1.82, 2.24) is 24.7 Å². The van der Waals surface area contributed by atoms with Crippen LogP contribution in [0.15, 0.2) is 57.8 Å². The molecule has 7 heteroatoms. The number of hydrogen-bond donors (Lipinski definition) is 1. The largest absolute Gasteiger partial charge is 0.439 e. The molecule has 0 bridgehead atoms. The van der Waals surface area contributed by atoms with Crippen LogP contribution >= 0.6 is 0 Å². The smallest absolute Gasteiger partial charge is 0.308 e. The molecule has 0 amide bonds. The van der Waals surface area contributed by atoms with Crippen LogP contribution in [0, 0.1) is 13.8 Å². The summed E-state index contributed by atoms with van der Waals surface area (Å²) in [6.07, 6.45) is 5.72. The highest BCUT2D eigenvalue weighted by atomic mass is 16.5. The van der Waals surface area contributed by atoms with E-state index in [1.165, 1.54) is 22.3 Å². The van der Waals surface area contributed by atoms with E-state index in [1.807, 2.05) is 19.1 Å². The molecule has 0 spiro atoms. The zero-order chi connectivity index (χ0) is 25.5. The lowest BCUT2D eigenvalue weighted by Crippen LogP contribution is -2.07. The lowest BCUT2D eigenvalue weighted by molar-refractivity contribution is 0.385. The van der Waals surface area contributed by atoms with Gasteiger partial charge in [0.1, 0.15) is 11.3 Å². The van der Waals surface area contributed by atoms with Gasteiger partial charge >= 0.3 is 5.76 Å². The predicted molar refractivity (Wildman–Crippen MR) is 144 cm³/mol. The van der Waals surface area contributed by atoms with E-state index in [0.29, 0.717) is 5.82 Å². The molecule has 1 aliphatic rings. The quantitative estimate of drug-likeness (QED) is 0.355. The summed E-state index contributed by atoms with van der Waals surface area (Å²) in [4.78, 5) is 24.1. The second kappa shape index (κ2) is 9.32. The van der Waals surface area contributed by atoms with E-state index >= 15 is 0 Å². The van der Waals surface area contributed by atoms with E-state index in [4.69, 9.17) is 14.5 Å². The first-order valence-electron chi connectivity index (χ1n) is 12.8. The molecule has 1 aliphatic carbocycles. The van der Waals surface area contributed by atoms with E-state index in [9.17, 15) is 4.79 Å². The first-order valence-corrected chi connectivity index (χ1v) is 12.8. The van der Waals surface area contributed by atoms with Gasteiger partial charge in [-0.05, 0) is 84.2 Å². The molecule has 1 N–H and O–H groups in total. The summed E-state index contributed by atoms with van der Waals surface area (Å²) in [5.74, 6) is 0.938. The van der Waals surface area contributed by atoms with E-state index < -0.39 is 5.76 Å². The number of imidazole rings is 1. The Kier molecular flexibility index (Phi) is 5.83. The van der Waals surface area contributed by atoms with Crippen LogP contribution in [0.2, 0.25) is 0 Å². The third-order valence-electron chi connectivity index (χ3n) is 7.08. The van der Waals surface area contributed by atoms with Gasteiger partial charge in [0.25, 0.3) is 0 Å². The van der Waals surface area contributed by atoms with Crippen LogP contribution in [0.1, 0.15) is 64.1 Å². The number of rotatable bonds is 5. The molecule has 3 heterocycles. The maximum Gasteiger partial charge on any atom is 0.439 e. The van der Waals surface area contributed by atoms with Gasteiger partial charge in [-0.25, -0.2) is 14.8 Å². The Morgan fingerprint density at radius 1 is 1.03 bits per heavy atom. The average molecular weight is 492 g/mol. The van der Waals surface area contributed by atoms with Gasteiger partial charge < -0.3 is 4.57 Å². The Morgan fingerprint density at radius 3 is 2.65 bits per heavy atom. The van der Waals surface area contributed by atoms with Crippen molar-refractivity contribution in [2.45, 2.75) is 53.0 Å². The van der Waals surface area contributed by atoms with E-state index in [0.717, 1.165) is 71.6 Å². The van der Waals surface area contributed by atoms with Gasteiger partial charge in [0, 0.05) is 12.1 Å². The first kappa shape index (κ1) is 23.2. The second-order valence-electron chi connectivity index (χ2n) is 9.80. The molecule has 0 unspecified atom stereocenters. The normalized spacial score (nSPS) is 14.1. The Bertz CT molecular complexity index is 1720. The molecule has 0 aliphatic heterocycles. The number of H-pyrrole nitrogens is 1. The monoisotopic (exact) mass is 491 g/mol. The SMILES string of the molecule is CCCc1nc2c(C)cc(C)nc2n1Cc1ccc2c(c1)CCc1ccccc1/C2=C\c1noc(=O)[nH]1. The average Bonchev–Trinajstić information content (AvgIpc) is 3.40. The highest BCUT2D eigenvalue weighted by Crippen LogP contribution is 2.35. The fourth-order valence-electron chi connectivity index (χ4n) is 5.44. The minimum atomic E-state index is -0.557. The minimum absolute atomic E-state index is 0.414. The lowest BCUT2D eigenvalue weighted by Gasteiger charge is -2.14. The van der Waals surface area contributed by atoms with Crippen LogP contribution < -0.4 is 5.76 Å². The maximum atomic E-state index is 11.6. The van der Waals surface area contributed by atoms with Crippen molar-refractivity contribution in [1.29, 1.82) is 0 Å². The Hall–Kier alpha value is -4.26. The van der Waals surface area contributed by atoms with Crippen molar-refractivity contribution < 1.29 is 4.52 Å². The van der Waals surface area contributed by atoms with Crippen LogP contribution in [0.25, 0.3) is 22.8 Å². The number of hydrogen-bond acceptors (Lipinski definition) is 5. The van der Waals surface area contributed by atoms with Gasteiger partial charge in [0.05, 0.1) is 6.54 Å². The number of benzene rings is 2. The molecule has 0 saturated heterocycles. The number of aromatic nitrogens is 5. The zero-order valence-corrected chi connectivity index (χ0v) is 21.3. The van der Waals surface area contributed by atoms with Crippen LogP contribution in [-0.4, -0.2) is 24.7 Å². The molecule has 0 fully saturated rings. The summed E-state index contributed by atoms with van der Waals surface area (Å²) in [5.41, 5.74) is 11.2. The Balaban J connectivity index is 1.45.